The van der Waals surface area contributed by atoms with Gasteiger partial charge in [-0.15, -0.1) is 10.2 Å². The summed E-state index contributed by atoms with van der Waals surface area (Å²) >= 11 is 1.15. The molecule has 128 valence electrons. The summed E-state index contributed by atoms with van der Waals surface area (Å²) in [6.45, 7) is 3.39. The fraction of sp³-hybridized carbons (Fsp3) is 0.167. The van der Waals surface area contributed by atoms with Gasteiger partial charge in [-0.1, -0.05) is 36.0 Å². The molecule has 1 amide bonds. The number of carbonyl (C=O) groups is 1. The van der Waals surface area contributed by atoms with Crippen molar-refractivity contribution in [2.24, 2.45) is 0 Å². The molecule has 1 N–H and O–H groups in total. The third kappa shape index (κ3) is 4.24. The molecule has 0 fully saturated rings. The minimum atomic E-state index is -0.478. The molecule has 0 aliphatic heterocycles. The highest BCUT2D eigenvalue weighted by Crippen LogP contribution is 2.26. The number of benzene rings is 2. The summed E-state index contributed by atoms with van der Waals surface area (Å²) in [6, 6.07) is 14.0. The van der Waals surface area contributed by atoms with Crippen molar-refractivity contribution in [2.75, 3.05) is 5.32 Å². The van der Waals surface area contributed by atoms with Gasteiger partial charge in [-0.05, 0) is 43.7 Å². The van der Waals surface area contributed by atoms with Crippen molar-refractivity contribution in [1.82, 2.24) is 10.2 Å². The standard InChI is InChI=1S/C18H16FN3O2S/c1-11-8-9-14(10-15(11)19)20-16(23)12(2)25-18-22-21-17(24-18)13-6-4-3-5-7-13/h3-10,12H,1-2H3,(H,20,23). The van der Waals surface area contributed by atoms with Gasteiger partial charge in [-0.3, -0.25) is 4.79 Å². The molecule has 0 aliphatic carbocycles. The summed E-state index contributed by atoms with van der Waals surface area (Å²) in [5.74, 6) is -0.230. The quantitative estimate of drug-likeness (QED) is 0.690. The molecule has 1 unspecified atom stereocenters. The SMILES string of the molecule is Cc1ccc(NC(=O)C(C)Sc2nnc(-c3ccccc3)o2)cc1F. The number of hydrogen-bond acceptors (Lipinski definition) is 5. The number of nitrogens with zero attached hydrogens (tertiary/aromatic N) is 2. The van der Waals surface area contributed by atoms with Crippen molar-refractivity contribution in [3.05, 3.63) is 59.9 Å². The Labute approximate surface area is 148 Å². The van der Waals surface area contributed by atoms with E-state index in [1.807, 2.05) is 30.3 Å². The number of thioether (sulfide) groups is 1. The van der Waals surface area contributed by atoms with Crippen LogP contribution < -0.4 is 5.32 Å². The van der Waals surface area contributed by atoms with Crippen LogP contribution in [0.25, 0.3) is 11.5 Å². The summed E-state index contributed by atoms with van der Waals surface area (Å²) in [5.41, 5.74) is 1.75. The number of amides is 1. The van der Waals surface area contributed by atoms with E-state index in [0.717, 1.165) is 17.3 Å². The Balaban J connectivity index is 1.63. The molecule has 0 bridgehead atoms. The van der Waals surface area contributed by atoms with Crippen molar-refractivity contribution < 1.29 is 13.6 Å². The topological polar surface area (TPSA) is 68.0 Å². The Bertz CT molecular complexity index is 883. The average Bonchev–Trinajstić information content (AvgIpc) is 3.07. The zero-order valence-electron chi connectivity index (χ0n) is 13.7. The molecule has 2 aromatic carbocycles. The largest absolute Gasteiger partial charge is 0.411 e. The van der Waals surface area contributed by atoms with Crippen molar-refractivity contribution in [2.45, 2.75) is 24.3 Å². The highest BCUT2D eigenvalue weighted by atomic mass is 32.2. The normalized spacial score (nSPS) is 12.0. The van der Waals surface area contributed by atoms with E-state index in [2.05, 4.69) is 15.5 Å². The first-order valence-electron chi connectivity index (χ1n) is 7.65. The van der Waals surface area contributed by atoms with Crippen LogP contribution in [-0.4, -0.2) is 21.4 Å². The van der Waals surface area contributed by atoms with Crippen molar-refractivity contribution in [3.63, 3.8) is 0 Å². The van der Waals surface area contributed by atoms with Gasteiger partial charge in [0.1, 0.15) is 5.82 Å². The van der Waals surface area contributed by atoms with Crippen LogP contribution in [0.4, 0.5) is 10.1 Å². The van der Waals surface area contributed by atoms with Gasteiger partial charge < -0.3 is 9.73 Å². The molecule has 1 aromatic heterocycles. The maximum Gasteiger partial charge on any atom is 0.277 e. The van der Waals surface area contributed by atoms with Gasteiger partial charge in [-0.25, -0.2) is 4.39 Å². The summed E-state index contributed by atoms with van der Waals surface area (Å²) in [6.07, 6.45) is 0. The summed E-state index contributed by atoms with van der Waals surface area (Å²) in [5, 5.41) is 10.4. The lowest BCUT2D eigenvalue weighted by Crippen LogP contribution is -2.22. The third-order valence-corrected chi connectivity index (χ3v) is 4.45. The van der Waals surface area contributed by atoms with E-state index in [9.17, 15) is 9.18 Å². The van der Waals surface area contributed by atoms with Gasteiger partial charge >= 0.3 is 0 Å². The molecule has 0 radical (unpaired) electrons. The number of carbonyl (C=O) groups excluding carboxylic acids is 1. The van der Waals surface area contributed by atoms with E-state index in [4.69, 9.17) is 4.42 Å². The summed E-state index contributed by atoms with van der Waals surface area (Å²) in [4.78, 5) is 12.2. The number of aryl methyl sites for hydroxylation is 1. The molecule has 3 rings (SSSR count). The van der Waals surface area contributed by atoms with Crippen LogP contribution >= 0.6 is 11.8 Å². The Morgan fingerprint density at radius 2 is 1.96 bits per heavy atom. The van der Waals surface area contributed by atoms with Crippen molar-refractivity contribution in [3.8, 4) is 11.5 Å². The highest BCUT2D eigenvalue weighted by Gasteiger charge is 2.19. The van der Waals surface area contributed by atoms with Gasteiger partial charge in [0, 0.05) is 11.3 Å². The summed E-state index contributed by atoms with van der Waals surface area (Å²) in [7, 11) is 0. The van der Waals surface area contributed by atoms with Gasteiger partial charge in [0.2, 0.25) is 11.8 Å². The van der Waals surface area contributed by atoms with Crippen molar-refractivity contribution >= 4 is 23.4 Å². The van der Waals surface area contributed by atoms with E-state index in [-0.39, 0.29) is 11.7 Å². The van der Waals surface area contributed by atoms with Crippen LogP contribution in [0.1, 0.15) is 12.5 Å². The molecule has 3 aromatic rings. The van der Waals surface area contributed by atoms with Gasteiger partial charge in [-0.2, -0.15) is 0 Å². The average molecular weight is 357 g/mol. The summed E-state index contributed by atoms with van der Waals surface area (Å²) < 4.78 is 19.1. The minimum absolute atomic E-state index is 0.271. The Morgan fingerprint density at radius 3 is 2.68 bits per heavy atom. The molecule has 1 atom stereocenters. The number of nitrogens with one attached hydrogen (secondary N) is 1. The predicted molar refractivity (Wildman–Crippen MR) is 94.8 cm³/mol. The maximum absolute atomic E-state index is 13.6. The smallest absolute Gasteiger partial charge is 0.277 e. The number of anilines is 1. The maximum atomic E-state index is 13.6. The van der Waals surface area contributed by atoms with E-state index >= 15 is 0 Å². The number of halogens is 1. The van der Waals surface area contributed by atoms with Gasteiger partial charge in [0.25, 0.3) is 5.22 Å². The highest BCUT2D eigenvalue weighted by molar-refractivity contribution is 8.00. The first-order valence-corrected chi connectivity index (χ1v) is 8.53. The fourth-order valence-electron chi connectivity index (χ4n) is 2.07. The van der Waals surface area contributed by atoms with Crippen LogP contribution in [0, 0.1) is 12.7 Å². The van der Waals surface area contributed by atoms with E-state index < -0.39 is 5.25 Å². The first kappa shape index (κ1) is 17.2. The molecular formula is C18H16FN3O2S. The zero-order chi connectivity index (χ0) is 17.8. The molecule has 7 heteroatoms. The molecule has 25 heavy (non-hydrogen) atoms. The van der Waals surface area contributed by atoms with Crippen LogP contribution in [0.15, 0.2) is 58.2 Å². The molecule has 0 saturated heterocycles. The van der Waals surface area contributed by atoms with Gasteiger partial charge in [0.05, 0.1) is 5.25 Å². The van der Waals surface area contributed by atoms with Crippen LogP contribution in [0.2, 0.25) is 0 Å². The van der Waals surface area contributed by atoms with Crippen LogP contribution in [0.5, 0.6) is 0 Å². The Hall–Kier alpha value is -2.67. The first-order chi connectivity index (χ1) is 12.0. The monoisotopic (exact) mass is 357 g/mol. The fourth-order valence-corrected chi connectivity index (χ4v) is 2.76. The zero-order valence-corrected chi connectivity index (χ0v) is 14.5. The molecular weight excluding hydrogens is 341 g/mol. The molecule has 5 nitrogen and oxygen atoms in total. The molecule has 0 saturated carbocycles. The van der Waals surface area contributed by atoms with E-state index in [1.54, 1.807) is 26.0 Å². The molecule has 1 heterocycles. The number of rotatable bonds is 5. The molecule has 0 aliphatic rings. The van der Waals surface area contributed by atoms with Gasteiger partial charge in [0.15, 0.2) is 0 Å². The minimum Gasteiger partial charge on any atom is -0.411 e. The second-order valence-corrected chi connectivity index (χ2v) is 6.74. The second-order valence-electron chi connectivity index (χ2n) is 5.45. The van der Waals surface area contributed by atoms with E-state index in [0.29, 0.717) is 22.4 Å². The van der Waals surface area contributed by atoms with Crippen molar-refractivity contribution in [1.29, 1.82) is 0 Å². The molecule has 0 spiro atoms. The van der Waals surface area contributed by atoms with E-state index in [1.165, 1.54) is 6.07 Å². The second kappa shape index (κ2) is 7.48. The lowest BCUT2D eigenvalue weighted by atomic mass is 10.2. The Kier molecular flexibility index (Phi) is 5.14. The lowest BCUT2D eigenvalue weighted by Gasteiger charge is -2.10. The van der Waals surface area contributed by atoms with Crippen LogP contribution in [0.3, 0.4) is 0 Å². The predicted octanol–water partition coefficient (Wildman–Crippen LogP) is 4.30. The number of aromatic nitrogens is 2. The Morgan fingerprint density at radius 1 is 1.20 bits per heavy atom. The van der Waals surface area contributed by atoms with Crippen LogP contribution in [-0.2, 0) is 4.79 Å². The lowest BCUT2D eigenvalue weighted by molar-refractivity contribution is -0.115. The number of hydrogen-bond donors (Lipinski definition) is 1. The third-order valence-electron chi connectivity index (χ3n) is 3.51.